The molecule has 0 bridgehead atoms. The molecule has 0 heterocycles. The fourth-order valence-electron chi connectivity index (χ4n) is 1.65. The number of amides is 1. The first-order chi connectivity index (χ1) is 8.22. The first-order valence-corrected chi connectivity index (χ1v) is 6.18. The van der Waals surface area contributed by atoms with Crippen molar-refractivity contribution in [3.8, 4) is 0 Å². The van der Waals surface area contributed by atoms with Gasteiger partial charge in [0.25, 0.3) is 0 Å². The van der Waals surface area contributed by atoms with Crippen molar-refractivity contribution >= 4 is 5.91 Å². The maximum Gasteiger partial charge on any atom is 0.220 e. The first kappa shape index (κ1) is 13.5. The van der Waals surface area contributed by atoms with E-state index in [-0.39, 0.29) is 5.91 Å². The van der Waals surface area contributed by atoms with Crippen LogP contribution in [-0.4, -0.2) is 12.5 Å². The molecule has 0 aliphatic heterocycles. The van der Waals surface area contributed by atoms with Crippen molar-refractivity contribution in [3.63, 3.8) is 0 Å². The van der Waals surface area contributed by atoms with Crippen LogP contribution in [-0.2, 0) is 11.2 Å². The molecule has 1 aromatic rings. The zero-order valence-electron chi connectivity index (χ0n) is 10.7. The van der Waals surface area contributed by atoms with E-state index in [1.54, 1.807) is 0 Å². The van der Waals surface area contributed by atoms with E-state index in [0.717, 1.165) is 12.8 Å². The second-order valence-electron chi connectivity index (χ2n) is 4.22. The van der Waals surface area contributed by atoms with E-state index >= 15 is 0 Å². The maximum atomic E-state index is 11.6. The van der Waals surface area contributed by atoms with Gasteiger partial charge in [0.05, 0.1) is 0 Å². The van der Waals surface area contributed by atoms with Crippen LogP contribution < -0.4 is 5.32 Å². The monoisotopic (exact) mass is 231 g/mol. The van der Waals surface area contributed by atoms with E-state index in [0.29, 0.717) is 13.0 Å². The molecule has 1 aromatic carbocycles. The molecule has 17 heavy (non-hydrogen) atoms. The molecule has 1 amide bonds. The lowest BCUT2D eigenvalue weighted by molar-refractivity contribution is -0.120. The van der Waals surface area contributed by atoms with Gasteiger partial charge in [0.2, 0.25) is 5.91 Å². The summed E-state index contributed by atoms with van der Waals surface area (Å²) in [6, 6.07) is 10.1. The van der Waals surface area contributed by atoms with Gasteiger partial charge in [-0.3, -0.25) is 4.79 Å². The zero-order chi connectivity index (χ0) is 12.5. The first-order valence-electron chi connectivity index (χ1n) is 6.18. The van der Waals surface area contributed by atoms with Crippen molar-refractivity contribution in [2.24, 2.45) is 0 Å². The third-order valence-corrected chi connectivity index (χ3v) is 2.60. The Labute approximate surface area is 104 Å². The molecule has 0 fully saturated rings. The van der Waals surface area contributed by atoms with E-state index in [9.17, 15) is 4.79 Å². The molecule has 0 aliphatic rings. The zero-order valence-corrected chi connectivity index (χ0v) is 10.7. The fourth-order valence-corrected chi connectivity index (χ4v) is 1.65. The van der Waals surface area contributed by atoms with Crippen LogP contribution in [0.25, 0.3) is 0 Å². The maximum absolute atomic E-state index is 11.6. The Hall–Kier alpha value is -1.57. The van der Waals surface area contributed by atoms with Gasteiger partial charge in [0.1, 0.15) is 0 Å². The van der Waals surface area contributed by atoms with Gasteiger partial charge in [-0.05, 0) is 25.3 Å². The summed E-state index contributed by atoms with van der Waals surface area (Å²) in [6.45, 7) is 4.81. The van der Waals surface area contributed by atoms with Crippen molar-refractivity contribution < 1.29 is 4.79 Å². The summed E-state index contributed by atoms with van der Waals surface area (Å²) in [5, 5.41) is 2.93. The Morgan fingerprint density at radius 3 is 2.65 bits per heavy atom. The number of nitrogens with one attached hydrogen (secondary N) is 1. The van der Waals surface area contributed by atoms with Gasteiger partial charge in [-0.25, -0.2) is 0 Å². The average molecular weight is 231 g/mol. The third kappa shape index (κ3) is 5.91. The molecule has 0 radical (unpaired) electrons. The van der Waals surface area contributed by atoms with Crippen molar-refractivity contribution in [2.45, 2.75) is 33.1 Å². The average Bonchev–Trinajstić information content (AvgIpc) is 2.35. The minimum Gasteiger partial charge on any atom is -0.352 e. The molecule has 2 nitrogen and oxygen atoms in total. The molecule has 0 saturated heterocycles. The smallest absolute Gasteiger partial charge is 0.220 e. The normalized spacial score (nSPS) is 11.3. The number of aryl methyl sites for hydroxylation is 1. The number of hydrogen-bond acceptors (Lipinski definition) is 1. The number of carbonyl (C=O) groups excluding carboxylic acids is 1. The predicted octanol–water partition coefficient (Wildman–Crippen LogP) is 3.09. The van der Waals surface area contributed by atoms with Gasteiger partial charge >= 0.3 is 0 Å². The van der Waals surface area contributed by atoms with E-state index in [1.807, 2.05) is 25.1 Å². The molecule has 2 heteroatoms. The summed E-state index contributed by atoms with van der Waals surface area (Å²) in [4.78, 5) is 11.6. The van der Waals surface area contributed by atoms with Crippen molar-refractivity contribution in [1.82, 2.24) is 5.32 Å². The summed E-state index contributed by atoms with van der Waals surface area (Å²) < 4.78 is 0. The molecule has 1 N–H and O–H groups in total. The van der Waals surface area contributed by atoms with Crippen LogP contribution in [0.2, 0.25) is 0 Å². The standard InChI is InChI=1S/C15H21NO/c1-3-7-13(2)12-16-15(17)11-10-14-8-5-4-6-9-14/h4-9H,3,10-12H2,1-2H3,(H,16,17)/b13-7+. The molecule has 0 atom stereocenters. The quantitative estimate of drug-likeness (QED) is 0.749. The number of hydrogen-bond donors (Lipinski definition) is 1. The van der Waals surface area contributed by atoms with Crippen molar-refractivity contribution in [2.75, 3.05) is 6.54 Å². The number of allylic oxidation sites excluding steroid dienone is 1. The molecule has 1 rings (SSSR count). The summed E-state index contributed by atoms with van der Waals surface area (Å²) in [5.41, 5.74) is 2.43. The van der Waals surface area contributed by atoms with Crippen LogP contribution in [0.3, 0.4) is 0 Å². The lowest BCUT2D eigenvalue weighted by atomic mass is 10.1. The predicted molar refractivity (Wildman–Crippen MR) is 71.8 cm³/mol. The summed E-state index contributed by atoms with van der Waals surface area (Å²) in [7, 11) is 0. The summed E-state index contributed by atoms with van der Waals surface area (Å²) in [5.74, 6) is 0.123. The van der Waals surface area contributed by atoms with Crippen LogP contribution in [0, 0.1) is 0 Å². The van der Waals surface area contributed by atoms with Gasteiger partial charge in [0.15, 0.2) is 0 Å². The largest absolute Gasteiger partial charge is 0.352 e. The molecule has 0 aromatic heterocycles. The van der Waals surface area contributed by atoms with Crippen molar-refractivity contribution in [1.29, 1.82) is 0 Å². The minimum absolute atomic E-state index is 0.123. The third-order valence-electron chi connectivity index (χ3n) is 2.60. The number of rotatable bonds is 6. The second kappa shape index (κ2) is 7.66. The molecular weight excluding hydrogens is 210 g/mol. The summed E-state index contributed by atoms with van der Waals surface area (Å²) in [6.07, 6.45) is 4.52. The van der Waals surface area contributed by atoms with E-state index in [2.05, 4.69) is 30.4 Å². The number of benzene rings is 1. The topological polar surface area (TPSA) is 29.1 Å². The Kier molecular flexibility index (Phi) is 6.08. The highest BCUT2D eigenvalue weighted by Crippen LogP contribution is 2.02. The van der Waals surface area contributed by atoms with Gasteiger partial charge in [-0.2, -0.15) is 0 Å². The second-order valence-corrected chi connectivity index (χ2v) is 4.22. The molecule has 0 unspecified atom stereocenters. The fraction of sp³-hybridized carbons (Fsp3) is 0.400. The molecular formula is C15H21NO. The van der Waals surface area contributed by atoms with Gasteiger partial charge in [-0.1, -0.05) is 48.9 Å². The van der Waals surface area contributed by atoms with E-state index in [4.69, 9.17) is 0 Å². The Morgan fingerprint density at radius 1 is 1.29 bits per heavy atom. The van der Waals surface area contributed by atoms with Crippen LogP contribution in [0.1, 0.15) is 32.3 Å². The lowest BCUT2D eigenvalue weighted by Crippen LogP contribution is -2.25. The van der Waals surface area contributed by atoms with Crippen LogP contribution in [0.15, 0.2) is 42.0 Å². The Morgan fingerprint density at radius 2 is 2.00 bits per heavy atom. The molecule has 0 saturated carbocycles. The van der Waals surface area contributed by atoms with Crippen LogP contribution in [0.5, 0.6) is 0 Å². The highest BCUT2D eigenvalue weighted by Gasteiger charge is 2.01. The van der Waals surface area contributed by atoms with Gasteiger partial charge in [0, 0.05) is 13.0 Å². The lowest BCUT2D eigenvalue weighted by Gasteiger charge is -2.05. The SMILES string of the molecule is CC/C=C(\C)CNC(=O)CCc1ccccc1. The van der Waals surface area contributed by atoms with Gasteiger partial charge < -0.3 is 5.32 Å². The minimum atomic E-state index is 0.123. The van der Waals surface area contributed by atoms with Crippen LogP contribution in [0.4, 0.5) is 0 Å². The number of carbonyl (C=O) groups is 1. The van der Waals surface area contributed by atoms with Crippen LogP contribution >= 0.6 is 0 Å². The molecule has 0 spiro atoms. The molecule has 92 valence electrons. The van der Waals surface area contributed by atoms with Crippen molar-refractivity contribution in [3.05, 3.63) is 47.5 Å². The van der Waals surface area contributed by atoms with E-state index < -0.39 is 0 Å². The van der Waals surface area contributed by atoms with E-state index in [1.165, 1.54) is 11.1 Å². The van der Waals surface area contributed by atoms with Gasteiger partial charge in [-0.15, -0.1) is 0 Å². The Bertz CT molecular complexity index is 368. The highest BCUT2D eigenvalue weighted by atomic mass is 16.1. The Balaban J connectivity index is 2.24. The molecule has 0 aliphatic carbocycles. The highest BCUT2D eigenvalue weighted by molar-refractivity contribution is 5.76. The summed E-state index contributed by atoms with van der Waals surface area (Å²) >= 11 is 0.